The van der Waals surface area contributed by atoms with E-state index in [1.54, 1.807) is 4.90 Å². The van der Waals surface area contributed by atoms with Gasteiger partial charge in [0.15, 0.2) is 0 Å². The van der Waals surface area contributed by atoms with Gasteiger partial charge in [0.05, 0.1) is 17.6 Å². The molecule has 0 aromatic rings. The summed E-state index contributed by atoms with van der Waals surface area (Å²) in [6.07, 6.45) is 0.851. The van der Waals surface area contributed by atoms with Crippen molar-refractivity contribution in [1.29, 1.82) is 0 Å². The fraction of sp³-hybridized carbons (Fsp3) is 0.857. The molecule has 0 aromatic heterocycles. The Hall–Kier alpha value is -1.34. The third-order valence-electron chi connectivity index (χ3n) is 4.19. The lowest BCUT2D eigenvalue weighted by Crippen LogP contribution is -2.54. The molecule has 2 N–H and O–H groups in total. The molecule has 2 fully saturated rings. The van der Waals surface area contributed by atoms with Gasteiger partial charge in [0.25, 0.3) is 0 Å². The van der Waals surface area contributed by atoms with Gasteiger partial charge in [-0.15, -0.1) is 0 Å². The number of carbonyl (C=O) groups excluding carboxylic acids is 1. The highest BCUT2D eigenvalue weighted by molar-refractivity contribution is 5.78. The average molecular weight is 300 g/mol. The lowest BCUT2D eigenvalue weighted by Gasteiger charge is -2.37. The maximum Gasteiger partial charge on any atom is 0.317 e. The molecule has 0 aromatic carbocycles. The van der Waals surface area contributed by atoms with Crippen LogP contribution in [0.3, 0.4) is 0 Å². The standard InChI is InChI=1S/C14H24N2O5/c1-10-7-16(8-11(2)21-10)13(19)15-9-14(12(17)18)3-5-20-6-4-14/h10-11H,3-9H2,1-2H3,(H,15,19)(H,17,18)/t10-,11+. The van der Waals surface area contributed by atoms with E-state index < -0.39 is 11.4 Å². The van der Waals surface area contributed by atoms with Gasteiger partial charge < -0.3 is 24.8 Å². The van der Waals surface area contributed by atoms with Crippen LogP contribution >= 0.6 is 0 Å². The molecule has 0 radical (unpaired) electrons. The summed E-state index contributed by atoms with van der Waals surface area (Å²) < 4.78 is 10.8. The molecule has 2 amide bonds. The van der Waals surface area contributed by atoms with E-state index in [0.717, 1.165) is 0 Å². The number of nitrogens with one attached hydrogen (secondary N) is 1. The highest BCUT2D eigenvalue weighted by Gasteiger charge is 2.41. The molecule has 7 nitrogen and oxygen atoms in total. The normalized spacial score (nSPS) is 29.0. The zero-order valence-corrected chi connectivity index (χ0v) is 12.6. The topological polar surface area (TPSA) is 88.1 Å². The molecule has 2 heterocycles. The van der Waals surface area contributed by atoms with Crippen LogP contribution in [0.5, 0.6) is 0 Å². The number of hydrogen-bond donors (Lipinski definition) is 2. The van der Waals surface area contributed by atoms with Crippen molar-refractivity contribution in [3.63, 3.8) is 0 Å². The van der Waals surface area contributed by atoms with Gasteiger partial charge in [0.1, 0.15) is 0 Å². The van der Waals surface area contributed by atoms with Crippen LogP contribution in [-0.2, 0) is 14.3 Å². The first kappa shape index (κ1) is 16.0. The molecule has 21 heavy (non-hydrogen) atoms. The summed E-state index contributed by atoms with van der Waals surface area (Å²) in [5.41, 5.74) is -0.905. The van der Waals surface area contributed by atoms with E-state index in [1.165, 1.54) is 0 Å². The Kier molecular flexibility index (Phi) is 5.05. The molecule has 0 bridgehead atoms. The number of urea groups is 1. The molecule has 2 saturated heterocycles. The van der Waals surface area contributed by atoms with Gasteiger partial charge in [-0.1, -0.05) is 0 Å². The predicted molar refractivity (Wildman–Crippen MR) is 75.1 cm³/mol. The Morgan fingerprint density at radius 2 is 1.81 bits per heavy atom. The summed E-state index contributed by atoms with van der Waals surface area (Å²) in [6, 6.07) is -0.218. The second kappa shape index (κ2) is 6.62. The van der Waals surface area contributed by atoms with Crippen molar-refractivity contribution >= 4 is 12.0 Å². The Balaban J connectivity index is 1.91. The summed E-state index contributed by atoms with van der Waals surface area (Å²) in [7, 11) is 0. The van der Waals surface area contributed by atoms with Crippen LogP contribution in [0.15, 0.2) is 0 Å². The van der Waals surface area contributed by atoms with Gasteiger partial charge in [0, 0.05) is 32.8 Å². The third-order valence-corrected chi connectivity index (χ3v) is 4.19. The van der Waals surface area contributed by atoms with Crippen molar-refractivity contribution in [3.8, 4) is 0 Å². The van der Waals surface area contributed by atoms with E-state index in [2.05, 4.69) is 5.32 Å². The molecule has 0 aliphatic carbocycles. The number of amides is 2. The largest absolute Gasteiger partial charge is 0.481 e. The van der Waals surface area contributed by atoms with Crippen LogP contribution in [0.1, 0.15) is 26.7 Å². The quantitative estimate of drug-likeness (QED) is 0.800. The summed E-state index contributed by atoms with van der Waals surface area (Å²) in [6.45, 7) is 5.89. The first-order valence-corrected chi connectivity index (χ1v) is 7.42. The van der Waals surface area contributed by atoms with E-state index in [-0.39, 0.29) is 24.8 Å². The average Bonchev–Trinajstić information content (AvgIpc) is 2.44. The van der Waals surface area contributed by atoms with Crippen molar-refractivity contribution in [2.75, 3.05) is 32.8 Å². The van der Waals surface area contributed by atoms with E-state index in [0.29, 0.717) is 39.1 Å². The Labute approximate surface area is 124 Å². The molecule has 2 atom stereocenters. The zero-order valence-electron chi connectivity index (χ0n) is 12.6. The summed E-state index contributed by atoms with van der Waals surface area (Å²) in [5, 5.41) is 12.2. The van der Waals surface area contributed by atoms with Crippen LogP contribution in [0.25, 0.3) is 0 Å². The minimum absolute atomic E-state index is 0.00369. The number of carboxylic acid groups (broad SMARTS) is 1. The fourth-order valence-corrected chi connectivity index (χ4v) is 2.93. The Bertz CT molecular complexity index is 385. The van der Waals surface area contributed by atoms with E-state index in [9.17, 15) is 14.7 Å². The van der Waals surface area contributed by atoms with Crippen molar-refractivity contribution < 1.29 is 24.2 Å². The van der Waals surface area contributed by atoms with Gasteiger partial charge in [-0.3, -0.25) is 4.79 Å². The molecule has 7 heteroatoms. The highest BCUT2D eigenvalue weighted by atomic mass is 16.5. The maximum absolute atomic E-state index is 12.2. The first-order valence-electron chi connectivity index (χ1n) is 7.42. The minimum Gasteiger partial charge on any atom is -0.481 e. The number of hydrogen-bond acceptors (Lipinski definition) is 4. The monoisotopic (exact) mass is 300 g/mol. The number of carbonyl (C=O) groups is 2. The molecule has 2 rings (SSSR count). The number of rotatable bonds is 3. The van der Waals surface area contributed by atoms with Crippen LogP contribution in [-0.4, -0.2) is 67.1 Å². The second-order valence-electron chi connectivity index (χ2n) is 6.02. The van der Waals surface area contributed by atoms with E-state index in [1.807, 2.05) is 13.8 Å². The molecule has 120 valence electrons. The number of aliphatic carboxylic acids is 1. The lowest BCUT2D eigenvalue weighted by atomic mass is 9.80. The lowest BCUT2D eigenvalue weighted by molar-refractivity contribution is -0.154. The molecule has 0 spiro atoms. The van der Waals surface area contributed by atoms with Gasteiger partial charge in [-0.05, 0) is 26.7 Å². The molecular weight excluding hydrogens is 276 g/mol. The number of nitrogens with zero attached hydrogens (tertiary/aromatic N) is 1. The zero-order chi connectivity index (χ0) is 15.5. The molecular formula is C14H24N2O5. The fourth-order valence-electron chi connectivity index (χ4n) is 2.93. The van der Waals surface area contributed by atoms with Crippen LogP contribution in [0, 0.1) is 5.41 Å². The summed E-state index contributed by atoms with van der Waals surface area (Å²) in [4.78, 5) is 25.4. The summed E-state index contributed by atoms with van der Waals surface area (Å²) >= 11 is 0. The van der Waals surface area contributed by atoms with Crippen molar-refractivity contribution in [2.45, 2.75) is 38.9 Å². The summed E-state index contributed by atoms with van der Waals surface area (Å²) in [5.74, 6) is -0.866. The smallest absolute Gasteiger partial charge is 0.317 e. The van der Waals surface area contributed by atoms with Gasteiger partial charge in [-0.25, -0.2) is 4.79 Å². The van der Waals surface area contributed by atoms with Crippen molar-refractivity contribution in [1.82, 2.24) is 10.2 Å². The van der Waals surface area contributed by atoms with Gasteiger partial charge in [-0.2, -0.15) is 0 Å². The predicted octanol–water partition coefficient (Wildman–Crippen LogP) is 0.687. The Morgan fingerprint density at radius 3 is 2.33 bits per heavy atom. The van der Waals surface area contributed by atoms with Crippen LogP contribution in [0.2, 0.25) is 0 Å². The number of morpholine rings is 1. The Morgan fingerprint density at radius 1 is 1.24 bits per heavy atom. The van der Waals surface area contributed by atoms with Crippen molar-refractivity contribution in [3.05, 3.63) is 0 Å². The second-order valence-corrected chi connectivity index (χ2v) is 6.02. The molecule has 2 aliphatic rings. The third kappa shape index (κ3) is 3.85. The van der Waals surface area contributed by atoms with Gasteiger partial charge in [0.2, 0.25) is 0 Å². The van der Waals surface area contributed by atoms with Gasteiger partial charge >= 0.3 is 12.0 Å². The molecule has 0 saturated carbocycles. The van der Waals surface area contributed by atoms with E-state index >= 15 is 0 Å². The minimum atomic E-state index is -0.905. The SMILES string of the molecule is C[C@@H]1CN(C(=O)NCC2(C(=O)O)CCOCC2)C[C@H](C)O1. The van der Waals surface area contributed by atoms with Crippen LogP contribution < -0.4 is 5.32 Å². The van der Waals surface area contributed by atoms with Crippen LogP contribution in [0.4, 0.5) is 4.79 Å². The maximum atomic E-state index is 12.2. The molecule has 2 aliphatic heterocycles. The van der Waals surface area contributed by atoms with E-state index in [4.69, 9.17) is 9.47 Å². The highest BCUT2D eigenvalue weighted by Crippen LogP contribution is 2.30. The first-order chi connectivity index (χ1) is 9.93. The molecule has 0 unspecified atom stereocenters. The van der Waals surface area contributed by atoms with Crippen molar-refractivity contribution in [2.24, 2.45) is 5.41 Å². The number of carboxylic acids is 1. The number of ether oxygens (including phenoxy) is 2.